The van der Waals surface area contributed by atoms with E-state index in [2.05, 4.69) is 54.1 Å². The third kappa shape index (κ3) is 5.71. The van der Waals surface area contributed by atoms with E-state index >= 15 is 0 Å². The van der Waals surface area contributed by atoms with Crippen molar-refractivity contribution in [1.82, 2.24) is 9.47 Å². The normalized spacial score (nSPS) is 15.3. The molecule has 1 aliphatic heterocycles. The zero-order valence-corrected chi connectivity index (χ0v) is 23.2. The average molecular weight is 558 g/mol. The maximum absolute atomic E-state index is 13.8. The van der Waals surface area contributed by atoms with Crippen molar-refractivity contribution >= 4 is 51.5 Å². The quantitative estimate of drug-likeness (QED) is 0.210. The number of aromatic carboxylic acids is 1. The first-order valence-electron chi connectivity index (χ1n) is 13.3. The molecule has 0 aliphatic carbocycles. The van der Waals surface area contributed by atoms with Crippen molar-refractivity contribution in [2.24, 2.45) is 4.99 Å². The number of fused-ring (bicyclic) bond motifs is 1. The van der Waals surface area contributed by atoms with Gasteiger partial charge < -0.3 is 9.67 Å². The predicted octanol–water partition coefficient (Wildman–Crippen LogP) is 7.50. The van der Waals surface area contributed by atoms with Gasteiger partial charge in [-0.25, -0.2) is 9.79 Å². The number of carbonyl (C=O) groups excluding carboxylic acids is 1. The molecule has 4 aromatic carbocycles. The molecular formula is C34H27N3O3S. The van der Waals surface area contributed by atoms with E-state index in [1.165, 1.54) is 22.9 Å². The molecule has 41 heavy (non-hydrogen) atoms. The van der Waals surface area contributed by atoms with Crippen LogP contribution in [0.3, 0.4) is 0 Å². The highest BCUT2D eigenvalue weighted by Gasteiger charge is 2.34. The number of benzene rings is 4. The number of carboxylic acid groups (broad SMARTS) is 1. The molecule has 6 rings (SSSR count). The first-order valence-corrected chi connectivity index (χ1v) is 14.1. The van der Waals surface area contributed by atoms with Gasteiger partial charge in [-0.05, 0) is 66.2 Å². The first kappa shape index (κ1) is 26.3. The lowest BCUT2D eigenvalue weighted by molar-refractivity contribution is -0.122. The largest absolute Gasteiger partial charge is 0.478 e. The Morgan fingerprint density at radius 3 is 2.39 bits per heavy atom. The maximum Gasteiger partial charge on any atom is 0.335 e. The minimum atomic E-state index is -0.984. The van der Waals surface area contributed by atoms with Gasteiger partial charge in [-0.15, -0.1) is 0 Å². The molecule has 7 heteroatoms. The van der Waals surface area contributed by atoms with Crippen molar-refractivity contribution in [3.8, 4) is 0 Å². The fourth-order valence-electron chi connectivity index (χ4n) is 4.95. The highest BCUT2D eigenvalue weighted by molar-refractivity contribution is 8.18. The van der Waals surface area contributed by atoms with Crippen LogP contribution in [-0.4, -0.2) is 31.6 Å². The third-order valence-electron chi connectivity index (χ3n) is 6.95. The smallest absolute Gasteiger partial charge is 0.335 e. The number of carboxylic acids is 1. The van der Waals surface area contributed by atoms with Crippen LogP contribution >= 0.6 is 11.8 Å². The first-order chi connectivity index (χ1) is 19.9. The van der Waals surface area contributed by atoms with Gasteiger partial charge in [0.05, 0.1) is 22.7 Å². The number of para-hydroxylation sites is 2. The van der Waals surface area contributed by atoms with Gasteiger partial charge in [0, 0.05) is 29.2 Å². The van der Waals surface area contributed by atoms with Crippen LogP contribution < -0.4 is 0 Å². The molecule has 6 nitrogen and oxygen atoms in total. The second-order valence-corrected chi connectivity index (χ2v) is 11.0. The number of aryl methyl sites for hydroxylation is 1. The monoisotopic (exact) mass is 557 g/mol. The Bertz CT molecular complexity index is 1820. The predicted molar refractivity (Wildman–Crippen MR) is 165 cm³/mol. The molecule has 0 saturated carbocycles. The molecule has 0 spiro atoms. The molecular weight excluding hydrogens is 530 g/mol. The minimum Gasteiger partial charge on any atom is -0.478 e. The Hall–Kier alpha value is -4.88. The van der Waals surface area contributed by atoms with E-state index in [4.69, 9.17) is 4.99 Å². The number of aliphatic imine (C=N–C) groups is 1. The number of nitrogens with zero attached hydrogens (tertiary/aromatic N) is 3. The zero-order chi connectivity index (χ0) is 28.3. The molecule has 0 atom stereocenters. The van der Waals surface area contributed by atoms with Crippen LogP contribution in [0, 0.1) is 6.92 Å². The molecule has 2 heterocycles. The number of hydrogen-bond acceptors (Lipinski definition) is 4. The topological polar surface area (TPSA) is 74.9 Å². The number of carbonyl (C=O) groups is 2. The summed E-state index contributed by atoms with van der Waals surface area (Å²) in [6, 6.07) is 32.9. The second-order valence-electron chi connectivity index (χ2n) is 9.95. The number of hydrogen-bond donors (Lipinski definition) is 1. The number of aromatic nitrogens is 1. The van der Waals surface area contributed by atoms with Gasteiger partial charge in [0.15, 0.2) is 5.17 Å². The summed E-state index contributed by atoms with van der Waals surface area (Å²) in [6.07, 6.45) is 4.06. The molecule has 0 radical (unpaired) electrons. The van der Waals surface area contributed by atoms with Crippen LogP contribution in [0.2, 0.25) is 0 Å². The van der Waals surface area contributed by atoms with Crippen molar-refractivity contribution in [1.29, 1.82) is 0 Å². The lowest BCUT2D eigenvalue weighted by Crippen LogP contribution is -2.28. The number of rotatable bonds is 7. The summed E-state index contributed by atoms with van der Waals surface area (Å²) in [7, 11) is 0. The lowest BCUT2D eigenvalue weighted by Gasteiger charge is -2.16. The molecule has 1 amide bonds. The van der Waals surface area contributed by atoms with Gasteiger partial charge in [0.2, 0.25) is 0 Å². The Morgan fingerprint density at radius 2 is 1.63 bits per heavy atom. The number of thioether (sulfide) groups is 1. The summed E-state index contributed by atoms with van der Waals surface area (Å²) in [5, 5.41) is 10.9. The Balaban J connectivity index is 1.37. The molecule has 1 N–H and O–H groups in total. The summed E-state index contributed by atoms with van der Waals surface area (Å²) in [5.74, 6) is -1.12. The van der Waals surface area contributed by atoms with Gasteiger partial charge in [-0.2, -0.15) is 0 Å². The van der Waals surface area contributed by atoms with E-state index in [0.29, 0.717) is 10.1 Å². The van der Waals surface area contributed by atoms with Crippen LogP contribution in [0.5, 0.6) is 0 Å². The van der Waals surface area contributed by atoms with Crippen LogP contribution in [0.4, 0.5) is 5.69 Å². The minimum absolute atomic E-state index is 0.137. The van der Waals surface area contributed by atoms with Gasteiger partial charge >= 0.3 is 5.97 Å². The summed E-state index contributed by atoms with van der Waals surface area (Å²) < 4.78 is 2.22. The fraction of sp³-hybridized carbons (Fsp3) is 0.0882. The Kier molecular flexibility index (Phi) is 7.27. The van der Waals surface area contributed by atoms with Crippen molar-refractivity contribution in [3.05, 3.63) is 142 Å². The van der Waals surface area contributed by atoms with Gasteiger partial charge in [0.1, 0.15) is 0 Å². The molecule has 0 bridgehead atoms. The van der Waals surface area contributed by atoms with E-state index < -0.39 is 5.97 Å². The van der Waals surface area contributed by atoms with E-state index in [-0.39, 0.29) is 18.0 Å². The summed E-state index contributed by atoms with van der Waals surface area (Å²) >= 11 is 1.35. The van der Waals surface area contributed by atoms with E-state index in [9.17, 15) is 14.7 Å². The van der Waals surface area contributed by atoms with Crippen molar-refractivity contribution in [2.75, 3.05) is 0 Å². The number of amidine groups is 1. The average Bonchev–Trinajstić information content (AvgIpc) is 3.46. The summed E-state index contributed by atoms with van der Waals surface area (Å²) in [6.45, 7) is 3.10. The Morgan fingerprint density at radius 1 is 0.878 bits per heavy atom. The van der Waals surface area contributed by atoms with Gasteiger partial charge in [0.25, 0.3) is 5.91 Å². The third-order valence-corrected chi connectivity index (χ3v) is 7.96. The molecule has 1 fully saturated rings. The second kappa shape index (κ2) is 11.3. The zero-order valence-electron chi connectivity index (χ0n) is 22.4. The highest BCUT2D eigenvalue weighted by atomic mass is 32.2. The molecule has 1 aliphatic rings. The summed E-state index contributed by atoms with van der Waals surface area (Å²) in [5.41, 5.74) is 6.29. The van der Waals surface area contributed by atoms with Crippen LogP contribution in [0.15, 0.2) is 119 Å². The van der Waals surface area contributed by atoms with Crippen LogP contribution in [0.1, 0.15) is 32.6 Å². The molecule has 1 aromatic heterocycles. The molecule has 0 unspecified atom stereocenters. The molecule has 1 saturated heterocycles. The molecule has 5 aromatic rings. The number of amides is 1. The van der Waals surface area contributed by atoms with Crippen LogP contribution in [-0.2, 0) is 17.9 Å². The highest BCUT2D eigenvalue weighted by Crippen LogP contribution is 2.36. The maximum atomic E-state index is 13.8. The van der Waals surface area contributed by atoms with Gasteiger partial charge in [-0.1, -0.05) is 78.4 Å². The van der Waals surface area contributed by atoms with Crippen molar-refractivity contribution < 1.29 is 14.7 Å². The fourth-order valence-corrected chi connectivity index (χ4v) is 5.94. The van der Waals surface area contributed by atoms with E-state index in [1.807, 2.05) is 48.5 Å². The summed E-state index contributed by atoms with van der Waals surface area (Å²) in [4.78, 5) is 32.2. The van der Waals surface area contributed by atoms with Crippen molar-refractivity contribution in [2.45, 2.75) is 20.0 Å². The van der Waals surface area contributed by atoms with E-state index in [1.54, 1.807) is 29.2 Å². The Labute approximate surface area is 242 Å². The lowest BCUT2D eigenvalue weighted by atomic mass is 10.1. The SMILES string of the molecule is Cc1cccc(Cn2cc(/C=C3\SC(=Nc4ccccc4)N(Cc4ccc(C(=O)O)cc4)C3=O)c3ccccc32)c1. The molecule has 202 valence electrons. The van der Waals surface area contributed by atoms with Gasteiger partial charge in [-0.3, -0.25) is 9.69 Å². The van der Waals surface area contributed by atoms with Crippen LogP contribution in [0.25, 0.3) is 17.0 Å². The van der Waals surface area contributed by atoms with E-state index in [0.717, 1.165) is 34.3 Å². The standard InChI is InChI=1S/C34H27N3O3S/c1-23-8-7-9-25(18-23)20-36-22-27(29-12-5-6-13-30(29)36)19-31-32(38)37(21-24-14-16-26(17-15-24)33(39)40)34(41-31)35-28-10-3-2-4-11-28/h2-19,22H,20-21H2,1H3,(H,39,40)/b31-19-,35-34?. The van der Waals surface area contributed by atoms with Crippen molar-refractivity contribution in [3.63, 3.8) is 0 Å².